The maximum Gasteiger partial charge on any atom is 0.271 e. The van der Waals surface area contributed by atoms with Crippen molar-refractivity contribution in [3.8, 4) is 11.5 Å². The molecule has 0 aromatic heterocycles. The van der Waals surface area contributed by atoms with Crippen LogP contribution < -0.4 is 19.8 Å². The van der Waals surface area contributed by atoms with Crippen molar-refractivity contribution in [1.29, 1.82) is 0 Å². The molecule has 8 heteroatoms. The first-order valence-electron chi connectivity index (χ1n) is 11.6. The molecule has 4 rings (SSSR count). The van der Waals surface area contributed by atoms with Crippen LogP contribution in [0.25, 0.3) is 0 Å². The van der Waals surface area contributed by atoms with Crippen LogP contribution in [0, 0.1) is 5.82 Å². The summed E-state index contributed by atoms with van der Waals surface area (Å²) in [7, 11) is 0. The highest BCUT2D eigenvalue weighted by Crippen LogP contribution is 2.37. The molecule has 0 aliphatic carbocycles. The van der Waals surface area contributed by atoms with E-state index >= 15 is 0 Å². The molecule has 35 heavy (non-hydrogen) atoms. The molecule has 1 N–H and O–H groups in total. The van der Waals surface area contributed by atoms with Crippen LogP contribution in [0.5, 0.6) is 11.5 Å². The lowest BCUT2D eigenvalue weighted by Gasteiger charge is -2.17. The number of hydrogen-bond donors (Lipinski definition) is 1. The number of ether oxygens (including phenoxy) is 2. The second kappa shape index (κ2) is 11.8. The number of halogens is 2. The van der Waals surface area contributed by atoms with Gasteiger partial charge in [-0.1, -0.05) is 12.1 Å². The first-order valence-corrected chi connectivity index (χ1v) is 12.3. The Balaban J connectivity index is 1.40. The predicted molar refractivity (Wildman–Crippen MR) is 139 cm³/mol. The molecule has 6 nitrogen and oxygen atoms in total. The molecule has 1 saturated heterocycles. The van der Waals surface area contributed by atoms with Crippen LogP contribution in [0.2, 0.25) is 0 Å². The zero-order valence-corrected chi connectivity index (χ0v) is 21.1. The first kappa shape index (κ1) is 24.7. The van der Waals surface area contributed by atoms with Gasteiger partial charge in [-0.2, -0.15) is 5.10 Å². The molecular formula is C27H27BrFN3O3. The third-order valence-electron chi connectivity index (χ3n) is 5.58. The van der Waals surface area contributed by atoms with Gasteiger partial charge in [0.25, 0.3) is 5.91 Å². The zero-order chi connectivity index (χ0) is 24.6. The van der Waals surface area contributed by atoms with Crippen LogP contribution in [-0.2, 0) is 6.61 Å². The van der Waals surface area contributed by atoms with Crippen molar-refractivity contribution in [3.63, 3.8) is 0 Å². The summed E-state index contributed by atoms with van der Waals surface area (Å²) >= 11 is 3.52. The Labute approximate surface area is 212 Å². The maximum absolute atomic E-state index is 13.5. The monoisotopic (exact) mass is 539 g/mol. The Bertz CT molecular complexity index is 1190. The summed E-state index contributed by atoms with van der Waals surface area (Å²) in [5.74, 6) is 0.429. The van der Waals surface area contributed by atoms with E-state index < -0.39 is 0 Å². The van der Waals surface area contributed by atoms with Crippen molar-refractivity contribution < 1.29 is 18.7 Å². The summed E-state index contributed by atoms with van der Waals surface area (Å²) < 4.78 is 25.8. The highest BCUT2D eigenvalue weighted by atomic mass is 79.9. The normalized spacial score (nSPS) is 13.3. The van der Waals surface area contributed by atoms with Gasteiger partial charge in [-0.15, -0.1) is 0 Å². The summed E-state index contributed by atoms with van der Waals surface area (Å²) in [6, 6.07) is 17.4. The molecule has 1 amide bonds. The highest BCUT2D eigenvalue weighted by Gasteiger charge is 2.14. The molecule has 1 fully saturated rings. The molecule has 1 aliphatic heterocycles. The molecule has 3 aromatic rings. The largest absolute Gasteiger partial charge is 0.490 e. The fraction of sp³-hybridized carbons (Fsp3) is 0.259. The van der Waals surface area contributed by atoms with Gasteiger partial charge in [-0.3, -0.25) is 4.79 Å². The van der Waals surface area contributed by atoms with E-state index in [1.165, 1.54) is 25.0 Å². The number of hydrazone groups is 1. The second-order valence-electron chi connectivity index (χ2n) is 8.12. The number of amides is 1. The van der Waals surface area contributed by atoms with Crippen LogP contribution in [0.1, 0.15) is 41.3 Å². The van der Waals surface area contributed by atoms with E-state index in [0.717, 1.165) is 18.8 Å². The van der Waals surface area contributed by atoms with Gasteiger partial charge < -0.3 is 14.4 Å². The van der Waals surface area contributed by atoms with Crippen molar-refractivity contribution in [1.82, 2.24) is 5.43 Å². The van der Waals surface area contributed by atoms with Crippen molar-refractivity contribution in [2.75, 3.05) is 24.6 Å². The standard InChI is InChI=1S/C27H27BrFN3O3/c1-2-34-25-16-20(15-24(28)26(25)35-18-19-6-5-7-22(29)14-19)17-30-31-27(33)21-8-10-23(11-9-21)32-12-3-4-13-32/h5-11,14-17H,2-4,12-13,18H2,1H3,(H,31,33)/b30-17-. The lowest BCUT2D eigenvalue weighted by atomic mass is 10.2. The summed E-state index contributed by atoms with van der Waals surface area (Å²) in [6.45, 7) is 4.62. The molecular weight excluding hydrogens is 513 g/mol. The number of hydrogen-bond acceptors (Lipinski definition) is 5. The smallest absolute Gasteiger partial charge is 0.271 e. The fourth-order valence-corrected chi connectivity index (χ4v) is 4.45. The average Bonchev–Trinajstić information content (AvgIpc) is 3.39. The molecule has 0 spiro atoms. The molecule has 0 atom stereocenters. The van der Waals surface area contributed by atoms with Crippen LogP contribution in [0.15, 0.2) is 70.2 Å². The van der Waals surface area contributed by atoms with E-state index in [-0.39, 0.29) is 18.3 Å². The average molecular weight is 540 g/mol. The SMILES string of the molecule is CCOc1cc(/C=N\NC(=O)c2ccc(N3CCCC3)cc2)cc(Br)c1OCc1cccc(F)c1. The number of benzene rings is 3. The predicted octanol–water partition coefficient (Wildman–Crippen LogP) is 5.93. The van der Waals surface area contributed by atoms with Gasteiger partial charge in [0.1, 0.15) is 12.4 Å². The Kier molecular flexibility index (Phi) is 8.36. The van der Waals surface area contributed by atoms with Gasteiger partial charge in [0.15, 0.2) is 11.5 Å². The van der Waals surface area contributed by atoms with Crippen molar-refractivity contribution in [3.05, 3.63) is 87.6 Å². The van der Waals surface area contributed by atoms with Crippen molar-refractivity contribution >= 4 is 33.7 Å². The van der Waals surface area contributed by atoms with Gasteiger partial charge in [0.2, 0.25) is 0 Å². The van der Waals surface area contributed by atoms with Gasteiger partial charge in [-0.25, -0.2) is 9.82 Å². The molecule has 1 aliphatic rings. The van der Waals surface area contributed by atoms with Crippen molar-refractivity contribution in [2.45, 2.75) is 26.4 Å². The summed E-state index contributed by atoms with van der Waals surface area (Å²) in [5, 5.41) is 4.10. The second-order valence-corrected chi connectivity index (χ2v) is 8.98. The number of carbonyl (C=O) groups excluding carboxylic acids is 1. The fourth-order valence-electron chi connectivity index (χ4n) is 3.88. The maximum atomic E-state index is 13.5. The lowest BCUT2D eigenvalue weighted by molar-refractivity contribution is 0.0955. The minimum atomic E-state index is -0.314. The topological polar surface area (TPSA) is 63.2 Å². The molecule has 1 heterocycles. The lowest BCUT2D eigenvalue weighted by Crippen LogP contribution is -2.19. The van der Waals surface area contributed by atoms with Crippen molar-refractivity contribution in [2.24, 2.45) is 5.10 Å². The van der Waals surface area contributed by atoms with E-state index in [9.17, 15) is 9.18 Å². The third kappa shape index (κ3) is 6.60. The number of anilines is 1. The quantitative estimate of drug-likeness (QED) is 0.270. The molecule has 3 aromatic carbocycles. The van der Waals surface area contributed by atoms with Gasteiger partial charge >= 0.3 is 0 Å². The third-order valence-corrected chi connectivity index (χ3v) is 6.17. The number of carbonyl (C=O) groups is 1. The Morgan fingerprint density at radius 2 is 1.89 bits per heavy atom. The Morgan fingerprint density at radius 3 is 2.60 bits per heavy atom. The van der Waals surface area contributed by atoms with Gasteiger partial charge in [0.05, 0.1) is 17.3 Å². The molecule has 0 unspecified atom stereocenters. The number of nitrogens with one attached hydrogen (secondary N) is 1. The van der Waals surface area contributed by atoms with Crippen LogP contribution >= 0.6 is 15.9 Å². The summed E-state index contributed by atoms with van der Waals surface area (Å²) in [5.41, 5.74) is 5.67. The van der Waals surface area contributed by atoms with Crippen LogP contribution in [0.4, 0.5) is 10.1 Å². The summed E-state index contributed by atoms with van der Waals surface area (Å²) in [4.78, 5) is 14.8. The Morgan fingerprint density at radius 1 is 1.11 bits per heavy atom. The summed E-state index contributed by atoms with van der Waals surface area (Å²) in [6.07, 6.45) is 3.95. The van der Waals surface area contributed by atoms with E-state index in [0.29, 0.717) is 39.3 Å². The minimum absolute atomic E-state index is 0.191. The Hall–Kier alpha value is -3.39. The van der Waals surface area contributed by atoms with E-state index in [2.05, 4.69) is 31.4 Å². The molecule has 0 bridgehead atoms. The zero-order valence-electron chi connectivity index (χ0n) is 19.5. The number of nitrogens with zero attached hydrogens (tertiary/aromatic N) is 2. The number of rotatable bonds is 9. The van der Waals surface area contributed by atoms with Crippen LogP contribution in [-0.4, -0.2) is 31.8 Å². The van der Waals surface area contributed by atoms with Gasteiger partial charge in [0, 0.05) is 24.3 Å². The minimum Gasteiger partial charge on any atom is -0.490 e. The van der Waals surface area contributed by atoms with E-state index in [4.69, 9.17) is 9.47 Å². The first-order chi connectivity index (χ1) is 17.0. The highest BCUT2D eigenvalue weighted by molar-refractivity contribution is 9.10. The van der Waals surface area contributed by atoms with E-state index in [1.807, 2.05) is 37.3 Å². The van der Waals surface area contributed by atoms with Gasteiger partial charge in [-0.05, 0) is 95.4 Å². The molecule has 0 radical (unpaired) electrons. The molecule has 0 saturated carbocycles. The van der Waals surface area contributed by atoms with E-state index in [1.54, 1.807) is 24.4 Å². The van der Waals surface area contributed by atoms with Crippen LogP contribution in [0.3, 0.4) is 0 Å². The molecule has 182 valence electrons.